The van der Waals surface area contributed by atoms with E-state index in [2.05, 4.69) is 39.8 Å². The number of carbonyl (C=O) groups excluding carboxylic acids is 2. The molecule has 0 aliphatic carbocycles. The number of carbonyl (C=O) groups is 2. The van der Waals surface area contributed by atoms with Crippen molar-refractivity contribution in [2.45, 2.75) is 38.5 Å². The number of aryl methyl sites for hydroxylation is 1. The fourth-order valence-corrected chi connectivity index (χ4v) is 3.65. The van der Waals surface area contributed by atoms with Crippen molar-refractivity contribution in [2.24, 2.45) is 0 Å². The molecule has 156 valence electrons. The van der Waals surface area contributed by atoms with Gasteiger partial charge in [-0.15, -0.1) is 0 Å². The monoisotopic (exact) mass is 404 g/mol. The number of hydrogen-bond acceptors (Lipinski definition) is 4. The molecule has 6 heteroatoms. The molecule has 3 rings (SSSR count). The van der Waals surface area contributed by atoms with Gasteiger partial charge in [-0.05, 0) is 55.5 Å². The summed E-state index contributed by atoms with van der Waals surface area (Å²) < 4.78 is 0. The fraction of sp³-hybridized carbons (Fsp3) is 0.375. The second kappa shape index (κ2) is 11.0. The van der Waals surface area contributed by atoms with Crippen LogP contribution in [0.5, 0.6) is 0 Å². The molecule has 1 fully saturated rings. The molecule has 1 saturated heterocycles. The number of para-hydroxylation sites is 1. The highest BCUT2D eigenvalue weighted by Crippen LogP contribution is 2.20. The predicted molar refractivity (Wildman–Crippen MR) is 118 cm³/mol. The van der Waals surface area contributed by atoms with Crippen molar-refractivity contribution in [3.05, 3.63) is 59.7 Å². The van der Waals surface area contributed by atoms with Gasteiger partial charge in [0.25, 0.3) is 0 Å². The van der Waals surface area contributed by atoms with Crippen LogP contribution in [-0.2, 0) is 16.0 Å². The van der Waals surface area contributed by atoms with E-state index in [1.807, 2.05) is 6.07 Å². The van der Waals surface area contributed by atoms with Gasteiger partial charge in [0.05, 0.1) is 11.3 Å². The topological polar surface area (TPSA) is 85.2 Å². The van der Waals surface area contributed by atoms with Crippen LogP contribution in [0.3, 0.4) is 0 Å². The van der Waals surface area contributed by atoms with Crippen LogP contribution in [0.1, 0.15) is 43.2 Å². The maximum absolute atomic E-state index is 12.0. The van der Waals surface area contributed by atoms with E-state index in [9.17, 15) is 9.59 Å². The Kier molecular flexibility index (Phi) is 7.85. The lowest BCUT2D eigenvalue weighted by molar-refractivity contribution is -0.136. The molecule has 6 nitrogen and oxygen atoms in total. The minimum absolute atomic E-state index is 0.322. The van der Waals surface area contributed by atoms with Gasteiger partial charge in [-0.3, -0.25) is 9.59 Å². The summed E-state index contributed by atoms with van der Waals surface area (Å²) in [4.78, 5) is 26.5. The van der Waals surface area contributed by atoms with Crippen molar-refractivity contribution in [2.75, 3.05) is 29.9 Å². The first-order valence-electron chi connectivity index (χ1n) is 10.6. The van der Waals surface area contributed by atoms with Crippen molar-refractivity contribution in [3.8, 4) is 6.07 Å². The number of nitriles is 1. The van der Waals surface area contributed by atoms with Crippen molar-refractivity contribution in [1.29, 1.82) is 5.26 Å². The zero-order chi connectivity index (χ0) is 21.2. The summed E-state index contributed by atoms with van der Waals surface area (Å²) in [6, 6.07) is 17.2. The molecule has 0 radical (unpaired) electrons. The van der Waals surface area contributed by atoms with Crippen LogP contribution in [0.15, 0.2) is 48.5 Å². The van der Waals surface area contributed by atoms with Crippen LogP contribution < -0.4 is 15.5 Å². The standard InChI is InChI=1S/C24H28N4O2/c25-18-20-9-3-4-10-22(20)27-24(30)23(29)26-15-7-8-19-11-13-21(14-12-19)28-16-5-1-2-6-17-28/h3-4,9-14H,1-2,5-8,15-17H2,(H,26,29)(H,27,30). The average molecular weight is 405 g/mol. The van der Waals surface area contributed by atoms with Crippen molar-refractivity contribution in [1.82, 2.24) is 5.32 Å². The Morgan fingerprint density at radius 3 is 2.33 bits per heavy atom. The number of rotatable bonds is 6. The van der Waals surface area contributed by atoms with Crippen LogP contribution in [-0.4, -0.2) is 31.4 Å². The van der Waals surface area contributed by atoms with Gasteiger partial charge in [0.15, 0.2) is 0 Å². The molecule has 1 heterocycles. The molecule has 1 aliphatic rings. The Bertz CT molecular complexity index is 894. The number of amides is 2. The normalized spacial score (nSPS) is 13.8. The van der Waals surface area contributed by atoms with Gasteiger partial charge in [-0.2, -0.15) is 5.26 Å². The average Bonchev–Trinajstić information content (AvgIpc) is 3.07. The van der Waals surface area contributed by atoms with E-state index in [1.54, 1.807) is 24.3 Å². The van der Waals surface area contributed by atoms with E-state index in [1.165, 1.54) is 36.9 Å². The van der Waals surface area contributed by atoms with E-state index in [0.29, 0.717) is 17.8 Å². The second-order valence-electron chi connectivity index (χ2n) is 7.54. The molecular formula is C24H28N4O2. The molecular weight excluding hydrogens is 376 g/mol. The highest BCUT2D eigenvalue weighted by Gasteiger charge is 2.14. The Balaban J connectivity index is 1.40. The Morgan fingerprint density at radius 1 is 0.933 bits per heavy atom. The van der Waals surface area contributed by atoms with Crippen molar-refractivity contribution >= 4 is 23.2 Å². The molecule has 0 saturated carbocycles. The highest BCUT2D eigenvalue weighted by molar-refractivity contribution is 6.39. The first-order chi connectivity index (χ1) is 14.7. The van der Waals surface area contributed by atoms with Gasteiger partial charge in [0.2, 0.25) is 0 Å². The maximum Gasteiger partial charge on any atom is 0.313 e. The molecule has 0 unspecified atom stereocenters. The van der Waals surface area contributed by atoms with E-state index in [-0.39, 0.29) is 0 Å². The summed E-state index contributed by atoms with van der Waals surface area (Å²) in [6.07, 6.45) is 6.75. The van der Waals surface area contributed by atoms with Crippen molar-refractivity contribution < 1.29 is 9.59 Å². The predicted octanol–water partition coefficient (Wildman–Crippen LogP) is 3.63. The van der Waals surface area contributed by atoms with Crippen LogP contribution in [0, 0.1) is 11.3 Å². The van der Waals surface area contributed by atoms with E-state index in [4.69, 9.17) is 5.26 Å². The van der Waals surface area contributed by atoms with Crippen LogP contribution in [0.2, 0.25) is 0 Å². The Labute approximate surface area is 177 Å². The summed E-state index contributed by atoms with van der Waals surface area (Å²) in [6.45, 7) is 2.68. The van der Waals surface area contributed by atoms with E-state index >= 15 is 0 Å². The molecule has 2 N–H and O–H groups in total. The van der Waals surface area contributed by atoms with Crippen molar-refractivity contribution in [3.63, 3.8) is 0 Å². The molecule has 2 aromatic carbocycles. The summed E-state index contributed by atoms with van der Waals surface area (Å²) >= 11 is 0. The van der Waals surface area contributed by atoms with E-state index < -0.39 is 11.8 Å². The third-order valence-corrected chi connectivity index (χ3v) is 5.34. The molecule has 0 spiro atoms. The largest absolute Gasteiger partial charge is 0.372 e. The molecule has 30 heavy (non-hydrogen) atoms. The minimum atomic E-state index is -0.764. The molecule has 2 aromatic rings. The molecule has 0 atom stereocenters. The minimum Gasteiger partial charge on any atom is -0.372 e. The van der Waals surface area contributed by atoms with Gasteiger partial charge in [0.1, 0.15) is 6.07 Å². The van der Waals surface area contributed by atoms with Crippen LogP contribution in [0.4, 0.5) is 11.4 Å². The van der Waals surface area contributed by atoms with Gasteiger partial charge in [-0.25, -0.2) is 0 Å². The van der Waals surface area contributed by atoms with Crippen LogP contribution >= 0.6 is 0 Å². The lowest BCUT2D eigenvalue weighted by atomic mass is 10.1. The summed E-state index contributed by atoms with van der Waals surface area (Å²) in [5, 5.41) is 14.2. The lowest BCUT2D eigenvalue weighted by Gasteiger charge is -2.22. The zero-order valence-corrected chi connectivity index (χ0v) is 17.2. The number of nitrogens with one attached hydrogen (secondary N) is 2. The lowest BCUT2D eigenvalue weighted by Crippen LogP contribution is -2.36. The van der Waals surface area contributed by atoms with Gasteiger partial charge in [-0.1, -0.05) is 37.1 Å². The highest BCUT2D eigenvalue weighted by atomic mass is 16.2. The smallest absolute Gasteiger partial charge is 0.313 e. The summed E-state index contributed by atoms with van der Waals surface area (Å²) in [7, 11) is 0. The maximum atomic E-state index is 12.0. The number of benzene rings is 2. The zero-order valence-electron chi connectivity index (χ0n) is 17.2. The third-order valence-electron chi connectivity index (χ3n) is 5.34. The molecule has 0 bridgehead atoms. The SMILES string of the molecule is N#Cc1ccccc1NC(=O)C(=O)NCCCc1ccc(N2CCCCCC2)cc1. The molecule has 1 aliphatic heterocycles. The fourth-order valence-electron chi connectivity index (χ4n) is 3.65. The quantitative estimate of drug-likeness (QED) is 0.569. The van der Waals surface area contributed by atoms with Gasteiger partial charge in [0, 0.05) is 25.3 Å². The Morgan fingerprint density at radius 2 is 1.63 bits per heavy atom. The Hall–Kier alpha value is -3.33. The molecule has 2 amide bonds. The number of anilines is 2. The van der Waals surface area contributed by atoms with Crippen LogP contribution in [0.25, 0.3) is 0 Å². The third kappa shape index (κ3) is 6.08. The first kappa shape index (κ1) is 21.4. The van der Waals surface area contributed by atoms with Gasteiger partial charge >= 0.3 is 11.8 Å². The number of nitrogens with zero attached hydrogens (tertiary/aromatic N) is 2. The summed E-state index contributed by atoms with van der Waals surface area (Å²) in [5.74, 6) is -1.46. The molecule has 0 aromatic heterocycles. The van der Waals surface area contributed by atoms with E-state index in [0.717, 1.165) is 25.9 Å². The summed E-state index contributed by atoms with van der Waals surface area (Å²) in [5.41, 5.74) is 3.16. The first-order valence-corrected chi connectivity index (χ1v) is 10.6. The second-order valence-corrected chi connectivity index (χ2v) is 7.54. The number of hydrogen-bond donors (Lipinski definition) is 2. The van der Waals surface area contributed by atoms with Gasteiger partial charge < -0.3 is 15.5 Å².